The molecule has 0 saturated carbocycles. The Balaban J connectivity index is 3.12. The minimum absolute atomic E-state index is 0.0674. The van der Waals surface area contributed by atoms with Crippen LogP contribution in [0.3, 0.4) is 0 Å². The summed E-state index contributed by atoms with van der Waals surface area (Å²) >= 11 is 0. The first-order valence-electron chi connectivity index (χ1n) is 4.81. The van der Waals surface area contributed by atoms with E-state index >= 15 is 0 Å². The maximum absolute atomic E-state index is 12.2. The van der Waals surface area contributed by atoms with Gasteiger partial charge in [-0.3, -0.25) is 0 Å². The fourth-order valence-corrected chi connectivity index (χ4v) is 1.70. The second-order valence-electron chi connectivity index (χ2n) is 3.31. The first-order chi connectivity index (χ1) is 8.69. The van der Waals surface area contributed by atoms with Gasteiger partial charge in [-0.25, -0.2) is 8.98 Å². The Hall–Kier alpha value is -1.61. The van der Waals surface area contributed by atoms with Crippen LogP contribution in [-0.2, 0) is 23.8 Å². The zero-order valence-corrected chi connectivity index (χ0v) is 10.4. The third-order valence-electron chi connectivity index (χ3n) is 2.02. The van der Waals surface area contributed by atoms with Crippen LogP contribution in [0, 0.1) is 0 Å². The van der Waals surface area contributed by atoms with Crippen LogP contribution >= 0.6 is 0 Å². The van der Waals surface area contributed by atoms with E-state index < -0.39 is 27.7 Å². The lowest BCUT2D eigenvalue weighted by Crippen LogP contribution is -2.30. The Labute approximate surface area is 107 Å². The lowest BCUT2D eigenvalue weighted by Gasteiger charge is -2.16. The Kier molecular flexibility index (Phi) is 4.53. The molecule has 0 aliphatic heterocycles. The lowest BCUT2D eigenvalue weighted by atomic mass is 10.1. The molecule has 1 unspecified atom stereocenters. The average Bonchev–Trinajstić information content (AvgIpc) is 2.35. The number of hydrogen-bond donors (Lipinski definition) is 0. The van der Waals surface area contributed by atoms with Gasteiger partial charge in [0.2, 0.25) is 0 Å². The Morgan fingerprint density at radius 1 is 1.21 bits per heavy atom. The SMILES string of the molecule is COC(=O)C(OS(=O)(=O)C(F)(F)F)c1ccccc1. The van der Waals surface area contributed by atoms with Gasteiger partial charge in [0.15, 0.2) is 6.10 Å². The molecule has 1 atom stereocenters. The molecule has 9 heteroatoms. The second kappa shape index (κ2) is 5.57. The van der Waals surface area contributed by atoms with Crippen LogP contribution in [0.25, 0.3) is 0 Å². The molecule has 106 valence electrons. The van der Waals surface area contributed by atoms with Crippen LogP contribution in [-0.4, -0.2) is 27.0 Å². The largest absolute Gasteiger partial charge is 0.523 e. The van der Waals surface area contributed by atoms with Gasteiger partial charge in [-0.05, 0) is 5.56 Å². The average molecular weight is 298 g/mol. The smallest absolute Gasteiger partial charge is 0.467 e. The molecule has 0 radical (unpaired) electrons. The standard InChI is InChI=1S/C10H9F3O5S/c1-17-9(14)8(7-5-3-2-4-6-7)18-19(15,16)10(11,12)13/h2-6,8H,1H3. The zero-order chi connectivity index (χ0) is 14.7. The maximum atomic E-state index is 12.2. The van der Waals surface area contributed by atoms with Crippen LogP contribution in [0.15, 0.2) is 30.3 Å². The van der Waals surface area contributed by atoms with Gasteiger partial charge in [0.05, 0.1) is 7.11 Å². The van der Waals surface area contributed by atoms with E-state index in [1.807, 2.05) is 0 Å². The van der Waals surface area contributed by atoms with Crippen molar-refractivity contribution >= 4 is 16.1 Å². The molecule has 1 aromatic rings. The first-order valence-corrected chi connectivity index (χ1v) is 6.22. The van der Waals surface area contributed by atoms with E-state index in [0.717, 1.165) is 7.11 Å². The van der Waals surface area contributed by atoms with Gasteiger partial charge in [-0.2, -0.15) is 21.6 Å². The van der Waals surface area contributed by atoms with Crippen molar-refractivity contribution in [3.05, 3.63) is 35.9 Å². The molecule has 19 heavy (non-hydrogen) atoms. The van der Waals surface area contributed by atoms with Crippen LogP contribution in [0.1, 0.15) is 11.7 Å². The van der Waals surface area contributed by atoms with Gasteiger partial charge in [0.25, 0.3) is 0 Å². The molecular formula is C10H9F3O5S. The molecule has 0 aromatic heterocycles. The highest BCUT2D eigenvalue weighted by atomic mass is 32.2. The molecule has 5 nitrogen and oxygen atoms in total. The molecule has 0 amide bonds. The molecule has 1 aromatic carbocycles. The summed E-state index contributed by atoms with van der Waals surface area (Å²) in [6.45, 7) is 0. The fourth-order valence-electron chi connectivity index (χ4n) is 1.15. The van der Waals surface area contributed by atoms with E-state index in [4.69, 9.17) is 0 Å². The molecule has 0 spiro atoms. The highest BCUT2D eigenvalue weighted by Crippen LogP contribution is 2.30. The fraction of sp³-hybridized carbons (Fsp3) is 0.300. The number of esters is 1. The summed E-state index contributed by atoms with van der Waals surface area (Å²) in [6, 6.07) is 6.85. The van der Waals surface area contributed by atoms with E-state index in [9.17, 15) is 26.4 Å². The lowest BCUT2D eigenvalue weighted by molar-refractivity contribution is -0.149. The summed E-state index contributed by atoms with van der Waals surface area (Å²) < 4.78 is 66.6. The Morgan fingerprint density at radius 3 is 2.16 bits per heavy atom. The van der Waals surface area contributed by atoms with Crippen LogP contribution in [0.4, 0.5) is 13.2 Å². The molecule has 0 aliphatic carbocycles. The number of methoxy groups -OCH3 is 1. The van der Waals surface area contributed by atoms with Crippen molar-refractivity contribution in [3.63, 3.8) is 0 Å². The van der Waals surface area contributed by atoms with E-state index in [1.165, 1.54) is 30.3 Å². The monoisotopic (exact) mass is 298 g/mol. The summed E-state index contributed by atoms with van der Waals surface area (Å²) in [5.41, 5.74) is -5.68. The van der Waals surface area contributed by atoms with Crippen molar-refractivity contribution in [1.29, 1.82) is 0 Å². The van der Waals surface area contributed by atoms with Gasteiger partial charge in [0.1, 0.15) is 0 Å². The molecule has 0 bridgehead atoms. The third kappa shape index (κ3) is 3.67. The molecular weight excluding hydrogens is 289 g/mol. The first kappa shape index (κ1) is 15.4. The molecule has 0 saturated heterocycles. The second-order valence-corrected chi connectivity index (χ2v) is 4.87. The van der Waals surface area contributed by atoms with Gasteiger partial charge < -0.3 is 4.74 Å². The Bertz CT molecular complexity index is 538. The van der Waals surface area contributed by atoms with Gasteiger partial charge in [0, 0.05) is 0 Å². The highest BCUT2D eigenvalue weighted by molar-refractivity contribution is 7.87. The predicted molar refractivity (Wildman–Crippen MR) is 57.3 cm³/mol. The third-order valence-corrected chi connectivity index (χ3v) is 3.04. The zero-order valence-electron chi connectivity index (χ0n) is 9.55. The number of alkyl halides is 3. The summed E-state index contributed by atoms with van der Waals surface area (Å²) in [7, 11) is -5.00. The minimum atomic E-state index is -5.90. The molecule has 0 aliphatic rings. The quantitative estimate of drug-likeness (QED) is 0.481. The topological polar surface area (TPSA) is 69.7 Å². The van der Waals surface area contributed by atoms with Crippen molar-refractivity contribution in [2.45, 2.75) is 11.6 Å². The molecule has 1 rings (SSSR count). The number of carbonyl (C=O) groups excluding carboxylic acids is 1. The minimum Gasteiger partial charge on any atom is -0.467 e. The maximum Gasteiger partial charge on any atom is 0.523 e. The summed E-state index contributed by atoms with van der Waals surface area (Å²) in [6.07, 6.45) is -2.00. The molecule has 0 heterocycles. The van der Waals surface area contributed by atoms with Crippen LogP contribution < -0.4 is 0 Å². The number of benzene rings is 1. The number of ether oxygens (including phenoxy) is 1. The van der Waals surface area contributed by atoms with E-state index in [-0.39, 0.29) is 5.56 Å². The highest BCUT2D eigenvalue weighted by Gasteiger charge is 2.50. The van der Waals surface area contributed by atoms with E-state index in [0.29, 0.717) is 0 Å². The number of halogens is 3. The van der Waals surface area contributed by atoms with E-state index in [1.54, 1.807) is 0 Å². The van der Waals surface area contributed by atoms with Gasteiger partial charge in [-0.15, -0.1) is 0 Å². The normalized spacial score (nSPS) is 13.9. The van der Waals surface area contributed by atoms with Crippen LogP contribution in [0.5, 0.6) is 0 Å². The Morgan fingerprint density at radius 2 is 1.74 bits per heavy atom. The van der Waals surface area contributed by atoms with Gasteiger partial charge >= 0.3 is 21.6 Å². The number of hydrogen-bond acceptors (Lipinski definition) is 5. The van der Waals surface area contributed by atoms with Crippen molar-refractivity contribution in [3.8, 4) is 0 Å². The molecule has 0 fully saturated rings. The summed E-state index contributed by atoms with van der Waals surface area (Å²) in [4.78, 5) is 11.3. The number of rotatable bonds is 4. The summed E-state index contributed by atoms with van der Waals surface area (Å²) in [5, 5.41) is 0. The predicted octanol–water partition coefficient (Wildman–Crippen LogP) is 1.77. The summed E-state index contributed by atoms with van der Waals surface area (Å²) in [5.74, 6) is -1.25. The molecule has 0 N–H and O–H groups in total. The number of carbonyl (C=O) groups is 1. The van der Waals surface area contributed by atoms with Crippen molar-refractivity contribution in [2.75, 3.05) is 7.11 Å². The van der Waals surface area contributed by atoms with Crippen molar-refractivity contribution < 1.29 is 35.3 Å². The van der Waals surface area contributed by atoms with E-state index in [2.05, 4.69) is 8.92 Å². The van der Waals surface area contributed by atoms with Gasteiger partial charge in [-0.1, -0.05) is 30.3 Å². The van der Waals surface area contributed by atoms with Crippen molar-refractivity contribution in [2.24, 2.45) is 0 Å². The van der Waals surface area contributed by atoms with Crippen LogP contribution in [0.2, 0.25) is 0 Å². The van der Waals surface area contributed by atoms with Crippen molar-refractivity contribution in [1.82, 2.24) is 0 Å².